The predicted octanol–water partition coefficient (Wildman–Crippen LogP) is 1.45. The molecule has 0 aliphatic carbocycles. The van der Waals surface area contributed by atoms with Crippen molar-refractivity contribution in [1.82, 2.24) is 15.0 Å². The van der Waals surface area contributed by atoms with E-state index in [4.69, 9.17) is 5.73 Å². The van der Waals surface area contributed by atoms with E-state index in [1.54, 1.807) is 14.1 Å². The van der Waals surface area contributed by atoms with Crippen molar-refractivity contribution in [2.24, 2.45) is 16.1 Å². The van der Waals surface area contributed by atoms with Crippen LogP contribution in [0.3, 0.4) is 0 Å². The molecule has 10 heteroatoms. The fourth-order valence-electron chi connectivity index (χ4n) is 0.678. The summed E-state index contributed by atoms with van der Waals surface area (Å²) in [5, 5.41) is 8.90. The van der Waals surface area contributed by atoms with Crippen LogP contribution in [0.5, 0.6) is 0 Å². The first-order valence-corrected chi connectivity index (χ1v) is 6.35. The molecular formula is C6H10Cl2CuN6O. The van der Waals surface area contributed by atoms with Crippen molar-refractivity contribution in [2.45, 2.75) is 0 Å². The van der Waals surface area contributed by atoms with Crippen molar-refractivity contribution in [3.8, 4) is 0 Å². The Morgan fingerprint density at radius 1 is 1.62 bits per heavy atom. The molecule has 0 bridgehead atoms. The van der Waals surface area contributed by atoms with Crippen molar-refractivity contribution in [3.05, 3.63) is 12.0 Å². The van der Waals surface area contributed by atoms with E-state index in [9.17, 15) is 4.79 Å². The SMILES string of the molecule is CN(C)/N=N/c1[nH]cnc1C(N)=O.[Cl][Cu][Cl]. The number of aromatic amines is 1. The molecule has 0 atom stereocenters. The van der Waals surface area contributed by atoms with E-state index in [0.717, 1.165) is 13.1 Å². The van der Waals surface area contributed by atoms with E-state index in [-0.39, 0.29) is 11.5 Å². The molecule has 95 valence electrons. The number of rotatable bonds is 3. The number of hydrogen-bond donors (Lipinski definition) is 2. The number of hydrogen-bond acceptors (Lipinski definition) is 4. The van der Waals surface area contributed by atoms with Gasteiger partial charge in [0.05, 0.1) is 6.33 Å². The Balaban J connectivity index is 0.000000673. The average Bonchev–Trinajstić information content (AvgIpc) is 2.63. The second kappa shape index (κ2) is 8.35. The van der Waals surface area contributed by atoms with Gasteiger partial charge in [-0.25, -0.2) is 4.98 Å². The summed E-state index contributed by atoms with van der Waals surface area (Å²) in [6.45, 7) is 0. The predicted molar refractivity (Wildman–Crippen MR) is 57.0 cm³/mol. The average molecular weight is 317 g/mol. The molecule has 0 fully saturated rings. The monoisotopic (exact) mass is 315 g/mol. The number of carbonyl (C=O) groups excluding carboxylic acids is 1. The van der Waals surface area contributed by atoms with Gasteiger partial charge in [0.15, 0.2) is 11.5 Å². The quantitative estimate of drug-likeness (QED) is 0.501. The molecule has 1 aromatic heterocycles. The van der Waals surface area contributed by atoms with Gasteiger partial charge in [-0.1, -0.05) is 5.22 Å². The number of amides is 1. The van der Waals surface area contributed by atoms with E-state index < -0.39 is 5.91 Å². The van der Waals surface area contributed by atoms with Gasteiger partial charge < -0.3 is 10.7 Å². The molecule has 0 saturated carbocycles. The zero-order chi connectivity index (χ0) is 12.6. The second-order valence-electron chi connectivity index (χ2n) is 2.54. The molecule has 1 rings (SSSR count). The van der Waals surface area contributed by atoms with Crippen molar-refractivity contribution < 1.29 is 17.9 Å². The number of halogens is 2. The molecule has 3 N–H and O–H groups in total. The van der Waals surface area contributed by atoms with Gasteiger partial charge in [0.25, 0.3) is 5.91 Å². The Bertz CT molecular complexity index is 355. The molecule has 0 aliphatic rings. The molecule has 0 unspecified atom stereocenters. The summed E-state index contributed by atoms with van der Waals surface area (Å²) < 4.78 is 0. The van der Waals surface area contributed by atoms with Gasteiger partial charge in [-0.2, -0.15) is 0 Å². The van der Waals surface area contributed by atoms with Gasteiger partial charge in [-0.15, -0.1) is 5.11 Å². The Kier molecular flexibility index (Phi) is 7.92. The van der Waals surface area contributed by atoms with Crippen LogP contribution in [0.1, 0.15) is 10.5 Å². The topological polar surface area (TPSA) is 99.7 Å². The third-order valence-electron chi connectivity index (χ3n) is 1.18. The van der Waals surface area contributed by atoms with Crippen LogP contribution in [-0.4, -0.2) is 35.0 Å². The number of carbonyl (C=O) groups is 1. The fraction of sp³-hybridized carbons (Fsp3) is 0.333. The van der Waals surface area contributed by atoms with Crippen LogP contribution in [0.4, 0.5) is 5.82 Å². The van der Waals surface area contributed by atoms with Gasteiger partial charge in [0.1, 0.15) is 0 Å². The van der Waals surface area contributed by atoms with E-state index in [1.807, 2.05) is 0 Å². The molecule has 0 aromatic carbocycles. The maximum absolute atomic E-state index is 10.8. The number of H-pyrrole nitrogens is 1. The Labute approximate surface area is 107 Å². The van der Waals surface area contributed by atoms with Gasteiger partial charge in [0.2, 0.25) is 0 Å². The third-order valence-corrected chi connectivity index (χ3v) is 1.18. The van der Waals surface area contributed by atoms with Crippen LogP contribution >= 0.6 is 20.2 Å². The summed E-state index contributed by atoms with van der Waals surface area (Å²) in [5.41, 5.74) is 5.12. The molecule has 0 radical (unpaired) electrons. The number of aromatic nitrogens is 2. The van der Waals surface area contributed by atoms with E-state index >= 15 is 0 Å². The number of nitrogens with two attached hydrogens (primary N) is 1. The summed E-state index contributed by atoms with van der Waals surface area (Å²) in [6.07, 6.45) is 1.34. The van der Waals surface area contributed by atoms with Crippen LogP contribution in [0.25, 0.3) is 0 Å². The fourth-order valence-corrected chi connectivity index (χ4v) is 0.678. The summed E-state index contributed by atoms with van der Waals surface area (Å²) in [5.74, 6) is -0.366. The Hall–Kier alpha value is -0.821. The number of primary amides is 1. The van der Waals surface area contributed by atoms with E-state index in [2.05, 4.69) is 40.5 Å². The first kappa shape index (κ1) is 15.2. The van der Waals surface area contributed by atoms with Crippen LogP contribution in [0, 0.1) is 0 Å². The van der Waals surface area contributed by atoms with Crippen LogP contribution in [0.15, 0.2) is 16.7 Å². The molecule has 1 heterocycles. The Morgan fingerprint density at radius 2 is 2.19 bits per heavy atom. The third kappa shape index (κ3) is 5.92. The zero-order valence-electron chi connectivity index (χ0n) is 8.41. The summed E-state index contributed by atoms with van der Waals surface area (Å²) in [7, 11) is 12.8. The van der Waals surface area contributed by atoms with Crippen molar-refractivity contribution in [2.75, 3.05) is 14.1 Å². The zero-order valence-corrected chi connectivity index (χ0v) is 10.9. The maximum atomic E-state index is 10.8. The Morgan fingerprint density at radius 3 is 2.62 bits per heavy atom. The first-order chi connectivity index (χ1) is 7.52. The first-order valence-electron chi connectivity index (χ1n) is 3.76. The summed E-state index contributed by atoms with van der Waals surface area (Å²) >= 11 is 0.757. The molecule has 0 spiro atoms. The standard InChI is InChI=1S/C6H10N6O.2ClH.Cu/c1-12(2)11-10-6-4(5(7)13)8-3-9-6;;;/h3H,1-2H3,(H2,7,13)(H,8,9);2*1H;/q;;;+2/p-2/b11-10+;;;. The molecular weight excluding hydrogens is 307 g/mol. The number of imidazole rings is 1. The van der Waals surface area contributed by atoms with Gasteiger partial charge in [-0.3, -0.25) is 9.80 Å². The van der Waals surface area contributed by atoms with Gasteiger partial charge >= 0.3 is 33.3 Å². The molecule has 1 amide bonds. The van der Waals surface area contributed by atoms with Crippen LogP contribution in [-0.2, 0) is 13.1 Å². The minimum atomic E-state index is -0.631. The van der Waals surface area contributed by atoms with Crippen molar-refractivity contribution in [3.63, 3.8) is 0 Å². The summed E-state index contributed by atoms with van der Waals surface area (Å²) in [6, 6.07) is 0. The van der Waals surface area contributed by atoms with Crippen molar-refractivity contribution in [1.29, 1.82) is 0 Å². The van der Waals surface area contributed by atoms with Crippen LogP contribution < -0.4 is 5.73 Å². The van der Waals surface area contributed by atoms with E-state index in [0.29, 0.717) is 0 Å². The number of nitrogens with zero attached hydrogens (tertiary/aromatic N) is 4. The van der Waals surface area contributed by atoms with Crippen LogP contribution in [0.2, 0.25) is 0 Å². The van der Waals surface area contributed by atoms with Crippen molar-refractivity contribution >= 4 is 31.9 Å². The minimum absolute atomic E-state index is 0.0885. The molecule has 0 saturated heterocycles. The summed E-state index contributed by atoms with van der Waals surface area (Å²) in [4.78, 5) is 17.1. The molecule has 1 aromatic rings. The molecule has 16 heavy (non-hydrogen) atoms. The van der Waals surface area contributed by atoms with E-state index in [1.165, 1.54) is 11.3 Å². The van der Waals surface area contributed by atoms with Gasteiger partial charge in [0, 0.05) is 14.1 Å². The second-order valence-corrected chi connectivity index (χ2v) is 4.10. The normalized spacial score (nSPS) is 10.0. The molecule has 7 nitrogen and oxygen atoms in total. The number of nitrogens with one attached hydrogen (secondary N) is 1. The van der Waals surface area contributed by atoms with Gasteiger partial charge in [-0.05, 0) is 0 Å². The molecule has 0 aliphatic heterocycles.